The summed E-state index contributed by atoms with van der Waals surface area (Å²) in [6, 6.07) is 6.05. The number of nitrogens with zero attached hydrogens (tertiary/aromatic N) is 3. The second-order valence-electron chi connectivity index (χ2n) is 6.91. The lowest BCUT2D eigenvalue weighted by atomic mass is 10.1. The van der Waals surface area contributed by atoms with Gasteiger partial charge in [-0.25, -0.2) is 4.98 Å². The summed E-state index contributed by atoms with van der Waals surface area (Å²) in [5.74, 6) is 1.19. The third kappa shape index (κ3) is 3.06. The highest BCUT2D eigenvalue weighted by Crippen LogP contribution is 2.25. The van der Waals surface area contributed by atoms with E-state index in [-0.39, 0.29) is 0 Å². The number of nitrogens with one attached hydrogen (secondary N) is 1. The molecule has 0 radical (unpaired) electrons. The Kier molecular flexibility index (Phi) is 3.59. The first-order valence-corrected chi connectivity index (χ1v) is 8.48. The summed E-state index contributed by atoms with van der Waals surface area (Å²) in [6.07, 6.45) is 5.43. The fourth-order valence-electron chi connectivity index (χ4n) is 3.73. The predicted octanol–water partition coefficient (Wildman–Crippen LogP) is 1.93. The van der Waals surface area contributed by atoms with Gasteiger partial charge in [-0.3, -0.25) is 4.90 Å². The van der Waals surface area contributed by atoms with E-state index < -0.39 is 0 Å². The van der Waals surface area contributed by atoms with Crippen LogP contribution in [0.5, 0.6) is 0 Å². The Hall–Kier alpha value is -1.13. The van der Waals surface area contributed by atoms with Crippen molar-refractivity contribution in [2.75, 3.05) is 31.1 Å². The summed E-state index contributed by atoms with van der Waals surface area (Å²) in [4.78, 5) is 9.95. The topological polar surface area (TPSA) is 31.4 Å². The Bertz CT molecular complexity index is 512. The molecular weight excluding hydrogens is 260 g/mol. The number of hydrogen-bond donors (Lipinski definition) is 1. The van der Waals surface area contributed by atoms with Gasteiger partial charge in [-0.15, -0.1) is 0 Å². The molecule has 1 atom stereocenters. The number of anilines is 1. The maximum atomic E-state index is 4.79. The summed E-state index contributed by atoms with van der Waals surface area (Å²) in [5.41, 5.74) is 2.53. The zero-order valence-corrected chi connectivity index (χ0v) is 13.0. The van der Waals surface area contributed by atoms with Crippen molar-refractivity contribution in [2.24, 2.45) is 0 Å². The molecule has 1 saturated carbocycles. The van der Waals surface area contributed by atoms with Crippen LogP contribution in [0.25, 0.3) is 0 Å². The molecule has 0 aromatic carbocycles. The number of aromatic nitrogens is 1. The number of pyridine rings is 1. The molecule has 0 bridgehead atoms. The normalized spacial score (nSPS) is 26.1. The third-order valence-electron chi connectivity index (χ3n) is 5.08. The van der Waals surface area contributed by atoms with Gasteiger partial charge in [0.05, 0.1) is 0 Å². The molecule has 1 aromatic rings. The van der Waals surface area contributed by atoms with Crippen LogP contribution in [0.3, 0.4) is 0 Å². The van der Waals surface area contributed by atoms with Gasteiger partial charge in [0, 0.05) is 44.0 Å². The SMILES string of the molecule is Cc1cc(CNC2CC2)cc(N2CCN3CCCC3C2)n1. The highest BCUT2D eigenvalue weighted by Gasteiger charge is 2.31. The quantitative estimate of drug-likeness (QED) is 0.916. The van der Waals surface area contributed by atoms with Gasteiger partial charge < -0.3 is 10.2 Å². The molecule has 3 fully saturated rings. The number of aryl methyl sites for hydroxylation is 1. The van der Waals surface area contributed by atoms with Gasteiger partial charge in [0.1, 0.15) is 5.82 Å². The van der Waals surface area contributed by atoms with E-state index in [1.807, 2.05) is 0 Å². The molecule has 4 heteroatoms. The minimum Gasteiger partial charge on any atom is -0.354 e. The van der Waals surface area contributed by atoms with E-state index in [1.54, 1.807) is 0 Å². The summed E-state index contributed by atoms with van der Waals surface area (Å²) < 4.78 is 0. The molecule has 1 aliphatic carbocycles. The highest BCUT2D eigenvalue weighted by atomic mass is 15.3. The molecule has 1 unspecified atom stereocenters. The Morgan fingerprint density at radius 2 is 2.10 bits per heavy atom. The average Bonchev–Trinajstić information content (AvgIpc) is 3.20. The molecule has 4 nitrogen and oxygen atoms in total. The molecule has 114 valence electrons. The van der Waals surface area contributed by atoms with E-state index in [1.165, 1.54) is 50.2 Å². The minimum absolute atomic E-state index is 0.758. The molecule has 3 heterocycles. The standard InChI is InChI=1S/C17H26N4/c1-13-9-14(11-18-15-4-5-15)10-17(19-13)21-8-7-20-6-2-3-16(20)12-21/h9-10,15-16,18H,2-8,11-12H2,1H3. The predicted molar refractivity (Wildman–Crippen MR) is 85.6 cm³/mol. The van der Waals surface area contributed by atoms with E-state index in [0.29, 0.717) is 0 Å². The third-order valence-corrected chi connectivity index (χ3v) is 5.08. The number of fused-ring (bicyclic) bond motifs is 1. The van der Waals surface area contributed by atoms with Crippen molar-refractivity contribution in [3.63, 3.8) is 0 Å². The molecule has 21 heavy (non-hydrogen) atoms. The molecule has 0 spiro atoms. The van der Waals surface area contributed by atoms with E-state index in [9.17, 15) is 0 Å². The molecule has 2 saturated heterocycles. The monoisotopic (exact) mass is 286 g/mol. The maximum Gasteiger partial charge on any atom is 0.129 e. The molecular formula is C17H26N4. The number of rotatable bonds is 4. The van der Waals surface area contributed by atoms with Crippen LogP contribution in [-0.2, 0) is 6.54 Å². The zero-order valence-electron chi connectivity index (χ0n) is 13.0. The zero-order chi connectivity index (χ0) is 14.2. The highest BCUT2D eigenvalue weighted by molar-refractivity contribution is 5.43. The Labute approximate surface area is 127 Å². The van der Waals surface area contributed by atoms with Crippen molar-refractivity contribution in [1.29, 1.82) is 0 Å². The van der Waals surface area contributed by atoms with Crippen LogP contribution in [0, 0.1) is 6.92 Å². The van der Waals surface area contributed by atoms with Gasteiger partial charge >= 0.3 is 0 Å². The lowest BCUT2D eigenvalue weighted by molar-refractivity contribution is 0.230. The first kappa shape index (κ1) is 13.5. The number of piperazine rings is 1. The molecule has 1 aromatic heterocycles. The van der Waals surface area contributed by atoms with Crippen molar-refractivity contribution >= 4 is 5.82 Å². The lowest BCUT2D eigenvalue weighted by Gasteiger charge is -2.38. The second-order valence-corrected chi connectivity index (χ2v) is 6.91. The van der Waals surface area contributed by atoms with Gasteiger partial charge in [-0.1, -0.05) is 0 Å². The molecule has 3 aliphatic rings. The van der Waals surface area contributed by atoms with Crippen LogP contribution in [-0.4, -0.2) is 48.1 Å². The summed E-state index contributed by atoms with van der Waals surface area (Å²) >= 11 is 0. The van der Waals surface area contributed by atoms with E-state index >= 15 is 0 Å². The Balaban J connectivity index is 1.47. The van der Waals surface area contributed by atoms with Crippen LogP contribution >= 0.6 is 0 Å². The number of hydrogen-bond acceptors (Lipinski definition) is 4. The lowest BCUT2D eigenvalue weighted by Crippen LogP contribution is -2.50. The van der Waals surface area contributed by atoms with Crippen molar-refractivity contribution < 1.29 is 0 Å². The van der Waals surface area contributed by atoms with Gasteiger partial charge in [-0.2, -0.15) is 0 Å². The first-order valence-electron chi connectivity index (χ1n) is 8.48. The largest absolute Gasteiger partial charge is 0.354 e. The summed E-state index contributed by atoms with van der Waals surface area (Å²) in [7, 11) is 0. The van der Waals surface area contributed by atoms with Crippen molar-refractivity contribution in [1.82, 2.24) is 15.2 Å². The second kappa shape index (κ2) is 5.58. The van der Waals surface area contributed by atoms with Crippen molar-refractivity contribution in [3.05, 3.63) is 23.4 Å². The average molecular weight is 286 g/mol. The van der Waals surface area contributed by atoms with E-state index in [2.05, 4.69) is 34.2 Å². The molecule has 1 N–H and O–H groups in total. The molecule has 0 amide bonds. The van der Waals surface area contributed by atoms with Gasteiger partial charge in [-0.05, 0) is 56.8 Å². The van der Waals surface area contributed by atoms with Crippen LogP contribution in [0.4, 0.5) is 5.82 Å². The van der Waals surface area contributed by atoms with Crippen LogP contribution in [0.15, 0.2) is 12.1 Å². The first-order chi connectivity index (χ1) is 10.3. The van der Waals surface area contributed by atoms with Gasteiger partial charge in [0.15, 0.2) is 0 Å². The summed E-state index contributed by atoms with van der Waals surface area (Å²) in [6.45, 7) is 7.90. The fourth-order valence-corrected chi connectivity index (χ4v) is 3.73. The van der Waals surface area contributed by atoms with E-state index in [4.69, 9.17) is 4.98 Å². The Morgan fingerprint density at radius 1 is 1.19 bits per heavy atom. The molecule has 2 aliphatic heterocycles. The van der Waals surface area contributed by atoms with Crippen LogP contribution in [0.2, 0.25) is 0 Å². The summed E-state index contributed by atoms with van der Waals surface area (Å²) in [5, 5.41) is 3.61. The fraction of sp³-hybridized carbons (Fsp3) is 0.706. The maximum absolute atomic E-state index is 4.79. The van der Waals surface area contributed by atoms with Gasteiger partial charge in [0.2, 0.25) is 0 Å². The van der Waals surface area contributed by atoms with Gasteiger partial charge in [0.25, 0.3) is 0 Å². The van der Waals surface area contributed by atoms with E-state index in [0.717, 1.165) is 37.4 Å². The Morgan fingerprint density at radius 3 is 2.95 bits per heavy atom. The van der Waals surface area contributed by atoms with Crippen LogP contribution in [0.1, 0.15) is 36.9 Å². The van der Waals surface area contributed by atoms with Crippen LogP contribution < -0.4 is 10.2 Å². The molecule has 4 rings (SSSR count). The van der Waals surface area contributed by atoms with Crippen molar-refractivity contribution in [3.8, 4) is 0 Å². The minimum atomic E-state index is 0.758. The smallest absolute Gasteiger partial charge is 0.129 e. The van der Waals surface area contributed by atoms with Crippen molar-refractivity contribution in [2.45, 2.75) is 51.2 Å².